The molecule has 9 nitrogen and oxygen atoms in total. The lowest BCUT2D eigenvalue weighted by molar-refractivity contribution is -0.384. The second-order valence-corrected chi connectivity index (χ2v) is 5.12. The maximum absolute atomic E-state index is 11.1. The van der Waals surface area contributed by atoms with Gasteiger partial charge in [-0.15, -0.1) is 0 Å². The number of hydrogen-bond acceptors (Lipinski definition) is 7. The molecule has 0 aliphatic rings. The van der Waals surface area contributed by atoms with Gasteiger partial charge < -0.3 is 15.4 Å². The molecular formula is C17H18N4O5. The predicted molar refractivity (Wildman–Crippen MR) is 98.9 cm³/mol. The molecule has 0 saturated carbocycles. The lowest BCUT2D eigenvalue weighted by atomic mass is 10.2. The van der Waals surface area contributed by atoms with Gasteiger partial charge in [-0.05, 0) is 12.1 Å². The highest BCUT2D eigenvalue weighted by Gasteiger charge is 2.17. The zero-order chi connectivity index (χ0) is 18.9. The van der Waals surface area contributed by atoms with E-state index in [9.17, 15) is 20.2 Å². The molecule has 2 N–H and O–H groups in total. The third-order valence-electron chi connectivity index (χ3n) is 3.50. The molecule has 0 radical (unpaired) electrons. The maximum atomic E-state index is 11.1. The van der Waals surface area contributed by atoms with E-state index >= 15 is 0 Å². The van der Waals surface area contributed by atoms with Gasteiger partial charge in [0.15, 0.2) is 5.69 Å². The molecule has 0 fully saturated rings. The standard InChI is InChI=1S/C17H18N4O5/c1-26-16-10-6-9-15(21(24)25)17(16)19-12-5-4-11-18-13-7-2-3-8-14(13)20(22)23/h2-10,18-19H,11-12H2,1H3/b5-4+. The van der Waals surface area contributed by atoms with Gasteiger partial charge in [0.1, 0.15) is 11.4 Å². The lowest BCUT2D eigenvalue weighted by Crippen LogP contribution is -2.05. The molecular weight excluding hydrogens is 340 g/mol. The van der Waals surface area contributed by atoms with E-state index in [0.717, 1.165) is 0 Å². The van der Waals surface area contributed by atoms with Crippen LogP contribution in [-0.4, -0.2) is 30.0 Å². The Morgan fingerprint density at radius 1 is 0.923 bits per heavy atom. The number of rotatable bonds is 9. The van der Waals surface area contributed by atoms with Crippen LogP contribution in [0, 0.1) is 20.2 Å². The average Bonchev–Trinajstić information content (AvgIpc) is 2.64. The highest BCUT2D eigenvalue weighted by atomic mass is 16.6. The van der Waals surface area contributed by atoms with Gasteiger partial charge in [-0.25, -0.2) is 0 Å². The molecule has 2 aromatic carbocycles. The van der Waals surface area contributed by atoms with E-state index in [2.05, 4.69) is 10.6 Å². The van der Waals surface area contributed by atoms with Gasteiger partial charge in [0.05, 0.1) is 17.0 Å². The minimum Gasteiger partial charge on any atom is -0.494 e. The van der Waals surface area contributed by atoms with E-state index in [0.29, 0.717) is 30.2 Å². The third kappa shape index (κ3) is 4.69. The Kier molecular flexibility index (Phi) is 6.49. The summed E-state index contributed by atoms with van der Waals surface area (Å²) in [6.07, 6.45) is 3.53. The van der Waals surface area contributed by atoms with Crippen LogP contribution >= 0.6 is 0 Å². The fourth-order valence-electron chi connectivity index (χ4n) is 2.30. The van der Waals surface area contributed by atoms with Crippen molar-refractivity contribution in [2.45, 2.75) is 0 Å². The third-order valence-corrected chi connectivity index (χ3v) is 3.50. The summed E-state index contributed by atoms with van der Waals surface area (Å²) in [6, 6.07) is 10.9. The molecule has 26 heavy (non-hydrogen) atoms. The monoisotopic (exact) mass is 358 g/mol. The summed E-state index contributed by atoms with van der Waals surface area (Å²) < 4.78 is 5.14. The van der Waals surface area contributed by atoms with Gasteiger partial charge >= 0.3 is 0 Å². The second kappa shape index (κ2) is 9.02. The molecule has 0 unspecified atom stereocenters. The normalized spacial score (nSPS) is 10.5. The van der Waals surface area contributed by atoms with E-state index in [1.165, 1.54) is 19.2 Å². The topological polar surface area (TPSA) is 120 Å². The van der Waals surface area contributed by atoms with Gasteiger partial charge in [0, 0.05) is 25.2 Å². The van der Waals surface area contributed by atoms with Gasteiger partial charge in [-0.3, -0.25) is 20.2 Å². The van der Waals surface area contributed by atoms with Gasteiger partial charge in [0.25, 0.3) is 11.4 Å². The molecule has 0 aliphatic heterocycles. The molecule has 2 rings (SSSR count). The average molecular weight is 358 g/mol. The Labute approximate surface area is 149 Å². The number of nitro groups is 2. The quantitative estimate of drug-likeness (QED) is 0.399. The molecule has 0 bridgehead atoms. The Bertz CT molecular complexity index is 823. The van der Waals surface area contributed by atoms with Crippen molar-refractivity contribution in [2.75, 3.05) is 30.8 Å². The SMILES string of the molecule is COc1cccc([N+](=O)[O-])c1NC/C=C/CNc1ccccc1[N+](=O)[O-]. The zero-order valence-electron chi connectivity index (χ0n) is 14.0. The summed E-state index contributed by atoms with van der Waals surface area (Å²) in [7, 11) is 1.44. The van der Waals surface area contributed by atoms with Crippen LogP contribution < -0.4 is 15.4 Å². The second-order valence-electron chi connectivity index (χ2n) is 5.12. The first-order valence-corrected chi connectivity index (χ1v) is 7.72. The first-order valence-electron chi connectivity index (χ1n) is 7.72. The van der Waals surface area contributed by atoms with Crippen molar-refractivity contribution in [3.63, 3.8) is 0 Å². The molecule has 0 heterocycles. The number of hydrogen-bond donors (Lipinski definition) is 2. The molecule has 0 aromatic heterocycles. The van der Waals surface area contributed by atoms with Crippen LogP contribution in [0.4, 0.5) is 22.7 Å². The first-order chi connectivity index (χ1) is 12.5. The van der Waals surface area contributed by atoms with Crippen LogP contribution in [0.2, 0.25) is 0 Å². The first kappa shape index (κ1) is 18.7. The number of nitro benzene ring substituents is 2. The summed E-state index contributed by atoms with van der Waals surface area (Å²) >= 11 is 0. The molecule has 136 valence electrons. The van der Waals surface area contributed by atoms with E-state index in [1.54, 1.807) is 42.5 Å². The summed E-state index contributed by atoms with van der Waals surface area (Å²) in [6.45, 7) is 0.709. The van der Waals surface area contributed by atoms with Crippen molar-refractivity contribution in [1.82, 2.24) is 0 Å². The van der Waals surface area contributed by atoms with Crippen LogP contribution in [0.1, 0.15) is 0 Å². The maximum Gasteiger partial charge on any atom is 0.296 e. The Hall–Kier alpha value is -3.62. The minimum atomic E-state index is -0.481. The molecule has 0 aliphatic carbocycles. The number of methoxy groups -OCH3 is 1. The fourth-order valence-corrected chi connectivity index (χ4v) is 2.30. The molecule has 0 atom stereocenters. The van der Waals surface area contributed by atoms with E-state index in [4.69, 9.17) is 4.74 Å². The van der Waals surface area contributed by atoms with Crippen LogP contribution in [-0.2, 0) is 0 Å². The predicted octanol–water partition coefficient (Wildman–Crippen LogP) is 3.59. The van der Waals surface area contributed by atoms with E-state index in [1.807, 2.05) is 0 Å². The smallest absolute Gasteiger partial charge is 0.296 e. The zero-order valence-corrected chi connectivity index (χ0v) is 14.0. The van der Waals surface area contributed by atoms with Gasteiger partial charge in [0.2, 0.25) is 0 Å². The molecule has 2 aromatic rings. The summed E-state index contributed by atoms with van der Waals surface area (Å²) in [5, 5.41) is 27.9. The van der Waals surface area contributed by atoms with Crippen molar-refractivity contribution in [3.05, 3.63) is 74.8 Å². The Morgan fingerprint density at radius 3 is 2.19 bits per heavy atom. The number of nitrogens with one attached hydrogen (secondary N) is 2. The number of nitrogens with zero attached hydrogens (tertiary/aromatic N) is 2. The lowest BCUT2D eigenvalue weighted by Gasteiger charge is -2.09. The van der Waals surface area contributed by atoms with E-state index < -0.39 is 9.85 Å². The number of benzene rings is 2. The molecule has 0 spiro atoms. The molecule has 0 saturated heterocycles. The summed E-state index contributed by atoms with van der Waals surface area (Å²) in [5.74, 6) is 0.380. The van der Waals surface area contributed by atoms with Gasteiger partial charge in [-0.1, -0.05) is 30.4 Å². The van der Waals surface area contributed by atoms with E-state index in [-0.39, 0.29) is 11.4 Å². The molecule has 0 amide bonds. The number of ether oxygens (including phenoxy) is 1. The highest BCUT2D eigenvalue weighted by Crippen LogP contribution is 2.33. The van der Waals surface area contributed by atoms with Crippen molar-refractivity contribution < 1.29 is 14.6 Å². The van der Waals surface area contributed by atoms with Crippen LogP contribution in [0.3, 0.4) is 0 Å². The summed E-state index contributed by atoms with van der Waals surface area (Å²) in [4.78, 5) is 21.1. The minimum absolute atomic E-state index is 0.00340. The van der Waals surface area contributed by atoms with Crippen LogP contribution in [0.15, 0.2) is 54.6 Å². The molecule has 9 heteroatoms. The van der Waals surface area contributed by atoms with Crippen molar-refractivity contribution in [3.8, 4) is 5.75 Å². The van der Waals surface area contributed by atoms with Crippen LogP contribution in [0.5, 0.6) is 5.75 Å². The van der Waals surface area contributed by atoms with Crippen molar-refractivity contribution in [1.29, 1.82) is 0 Å². The van der Waals surface area contributed by atoms with Crippen molar-refractivity contribution >= 4 is 22.7 Å². The number of anilines is 2. The Morgan fingerprint density at radius 2 is 1.54 bits per heavy atom. The fraction of sp³-hybridized carbons (Fsp3) is 0.176. The highest BCUT2D eigenvalue weighted by molar-refractivity contribution is 5.70. The summed E-state index contributed by atoms with van der Waals surface area (Å²) in [5.41, 5.74) is 0.659. The van der Waals surface area contributed by atoms with Gasteiger partial charge in [-0.2, -0.15) is 0 Å². The Balaban J connectivity index is 1.93. The van der Waals surface area contributed by atoms with Crippen LogP contribution in [0.25, 0.3) is 0 Å². The number of para-hydroxylation sites is 3. The van der Waals surface area contributed by atoms with Crippen molar-refractivity contribution in [2.24, 2.45) is 0 Å². The largest absolute Gasteiger partial charge is 0.494 e.